The molecule has 0 bridgehead atoms. The van der Waals surface area contributed by atoms with Gasteiger partial charge in [0.15, 0.2) is 9.28 Å². The molecule has 0 aliphatic rings. The van der Waals surface area contributed by atoms with Crippen molar-refractivity contribution < 1.29 is 8.23 Å². The van der Waals surface area contributed by atoms with Gasteiger partial charge in [0.25, 0.3) is 7.83 Å². The Morgan fingerprint density at radius 1 is 0.720 bits per heavy atom. The standard InChI is InChI=1S/C19H24O2Si4/c22-20-25(18-12-6-2-7-13-18,19-14-8-3-9-15-19)24-21-23-16-17-10-4-1-5-11-17/h1-15H,16,23-24H2,22H3. The van der Waals surface area contributed by atoms with Gasteiger partial charge in [-0.1, -0.05) is 91.0 Å². The first kappa shape index (κ1) is 18.2. The van der Waals surface area contributed by atoms with Gasteiger partial charge in [0.05, 0.1) is 0 Å². The van der Waals surface area contributed by atoms with Crippen LogP contribution in [0.4, 0.5) is 0 Å². The summed E-state index contributed by atoms with van der Waals surface area (Å²) in [6.07, 6.45) is 0. The highest BCUT2D eigenvalue weighted by Gasteiger charge is 2.38. The number of rotatable bonds is 8. The van der Waals surface area contributed by atoms with Crippen molar-refractivity contribution >= 4 is 47.7 Å². The Morgan fingerprint density at radius 3 is 1.68 bits per heavy atom. The fraction of sp³-hybridized carbons (Fsp3) is 0.0526. The van der Waals surface area contributed by atoms with Crippen molar-refractivity contribution in [3.63, 3.8) is 0 Å². The Balaban J connectivity index is 1.77. The van der Waals surface area contributed by atoms with Crippen LogP contribution in [0.15, 0.2) is 91.0 Å². The third-order valence-electron chi connectivity index (χ3n) is 4.51. The largest absolute Gasteiger partial charge is 0.464 e. The first-order valence-electron chi connectivity index (χ1n) is 8.63. The first-order valence-corrected chi connectivity index (χ1v) is 15.8. The minimum Gasteiger partial charge on any atom is -0.464 e. The molecule has 3 rings (SSSR count). The van der Waals surface area contributed by atoms with Crippen LogP contribution in [0.1, 0.15) is 5.56 Å². The van der Waals surface area contributed by atoms with E-state index in [9.17, 15) is 0 Å². The third-order valence-corrected chi connectivity index (χ3v) is 21.1. The maximum Gasteiger partial charge on any atom is 0.252 e. The maximum absolute atomic E-state index is 6.44. The number of hydrogen-bond acceptors (Lipinski definition) is 2. The van der Waals surface area contributed by atoms with E-state index >= 15 is 0 Å². The zero-order chi connectivity index (χ0) is 17.4. The fourth-order valence-corrected chi connectivity index (χ4v) is 17.8. The average Bonchev–Trinajstić information content (AvgIpc) is 2.71. The second-order valence-electron chi connectivity index (χ2n) is 6.05. The summed E-state index contributed by atoms with van der Waals surface area (Å²) in [6.45, 7) is 0. The highest BCUT2D eigenvalue weighted by atomic mass is 29.2. The van der Waals surface area contributed by atoms with Crippen LogP contribution in [-0.2, 0) is 14.3 Å². The molecule has 0 aliphatic carbocycles. The second-order valence-corrected chi connectivity index (χ2v) is 17.2. The highest BCUT2D eigenvalue weighted by molar-refractivity contribution is 7.33. The summed E-state index contributed by atoms with van der Waals surface area (Å²) in [5.41, 5.74) is 1.39. The second kappa shape index (κ2) is 9.23. The molecule has 0 spiro atoms. The fourth-order valence-electron chi connectivity index (χ4n) is 3.09. The van der Waals surface area contributed by atoms with Gasteiger partial charge in [-0.3, -0.25) is 0 Å². The first-order chi connectivity index (χ1) is 12.3. The van der Waals surface area contributed by atoms with Gasteiger partial charge in [0.2, 0.25) is 0 Å². The molecule has 2 nitrogen and oxygen atoms in total. The van der Waals surface area contributed by atoms with Crippen LogP contribution >= 0.6 is 0 Å². The van der Waals surface area contributed by atoms with Crippen LogP contribution in [0.25, 0.3) is 0 Å². The van der Waals surface area contributed by atoms with Gasteiger partial charge in [-0.05, 0) is 22.0 Å². The van der Waals surface area contributed by atoms with Gasteiger partial charge >= 0.3 is 0 Å². The van der Waals surface area contributed by atoms with Crippen LogP contribution in [0, 0.1) is 0 Å². The lowest BCUT2D eigenvalue weighted by molar-refractivity contribution is 0.611. The molecule has 128 valence electrons. The van der Waals surface area contributed by atoms with Crippen molar-refractivity contribution in [2.45, 2.75) is 6.04 Å². The van der Waals surface area contributed by atoms with Crippen molar-refractivity contribution in [1.29, 1.82) is 0 Å². The molecule has 0 heterocycles. The molecule has 0 fully saturated rings. The van der Waals surface area contributed by atoms with Gasteiger partial charge in [-0.25, -0.2) is 0 Å². The molecule has 6 heteroatoms. The van der Waals surface area contributed by atoms with Gasteiger partial charge < -0.3 is 8.23 Å². The summed E-state index contributed by atoms with van der Waals surface area (Å²) in [6, 6.07) is 33.3. The molecule has 25 heavy (non-hydrogen) atoms. The van der Waals surface area contributed by atoms with Crippen molar-refractivity contribution in [2.24, 2.45) is 0 Å². The van der Waals surface area contributed by atoms with Crippen molar-refractivity contribution in [3.05, 3.63) is 96.6 Å². The molecule has 0 unspecified atom stereocenters. The molecular formula is C19H24O2Si4. The molecule has 0 saturated heterocycles. The topological polar surface area (TPSA) is 18.5 Å². The summed E-state index contributed by atoms with van der Waals surface area (Å²) in [5, 5.41) is 2.72. The molecule has 3 aromatic rings. The van der Waals surface area contributed by atoms with Crippen LogP contribution in [0.5, 0.6) is 0 Å². The zero-order valence-electron chi connectivity index (χ0n) is 14.6. The monoisotopic (exact) mass is 396 g/mol. The Morgan fingerprint density at radius 2 is 1.20 bits per heavy atom. The molecule has 3 aromatic carbocycles. The zero-order valence-corrected chi connectivity index (χ0v) is 20.4. The van der Waals surface area contributed by atoms with Gasteiger partial charge in [0, 0.05) is 0 Å². The highest BCUT2D eigenvalue weighted by Crippen LogP contribution is 2.06. The van der Waals surface area contributed by atoms with Crippen LogP contribution in [0.3, 0.4) is 0 Å². The van der Waals surface area contributed by atoms with Crippen LogP contribution in [0.2, 0.25) is 0 Å². The number of hydrogen-bond donors (Lipinski definition) is 0. The van der Waals surface area contributed by atoms with E-state index in [-0.39, 0.29) is 0 Å². The minimum atomic E-state index is -2.15. The third kappa shape index (κ3) is 4.54. The summed E-state index contributed by atoms with van der Waals surface area (Å²) in [4.78, 5) is 0. The summed E-state index contributed by atoms with van der Waals surface area (Å²) in [5.74, 6) is 0. The van der Waals surface area contributed by atoms with E-state index in [0.29, 0.717) is 0 Å². The van der Waals surface area contributed by atoms with Crippen molar-refractivity contribution in [3.8, 4) is 0 Å². The molecular weight excluding hydrogens is 373 g/mol. The minimum absolute atomic E-state index is 0.554. The van der Waals surface area contributed by atoms with Crippen LogP contribution < -0.4 is 10.4 Å². The van der Waals surface area contributed by atoms with Gasteiger partial charge in [-0.15, -0.1) is 0 Å². The quantitative estimate of drug-likeness (QED) is 0.392. The summed E-state index contributed by atoms with van der Waals surface area (Å²) in [7, 11) is -2.74. The molecule has 0 atom stereocenters. The van der Waals surface area contributed by atoms with Gasteiger partial charge in [0.1, 0.15) is 20.2 Å². The Labute approximate surface area is 158 Å². The predicted octanol–water partition coefficient (Wildman–Crippen LogP) is -0.0756. The lowest BCUT2D eigenvalue weighted by atomic mass is 10.2. The normalized spacial score (nSPS) is 12.5. The van der Waals surface area contributed by atoms with E-state index in [1.807, 2.05) is 0 Å². The van der Waals surface area contributed by atoms with Crippen LogP contribution in [-0.4, -0.2) is 37.4 Å². The predicted molar refractivity (Wildman–Crippen MR) is 117 cm³/mol. The average molecular weight is 397 g/mol. The van der Waals surface area contributed by atoms with E-state index in [2.05, 4.69) is 91.0 Å². The molecule has 0 N–H and O–H groups in total. The smallest absolute Gasteiger partial charge is 0.252 e. The van der Waals surface area contributed by atoms with Gasteiger partial charge in [-0.2, -0.15) is 0 Å². The van der Waals surface area contributed by atoms with E-state index in [1.54, 1.807) is 0 Å². The molecule has 0 saturated carbocycles. The van der Waals surface area contributed by atoms with E-state index < -0.39 is 26.9 Å². The lowest BCUT2D eigenvalue weighted by Crippen LogP contribution is -2.66. The van der Waals surface area contributed by atoms with E-state index in [0.717, 1.165) is 16.5 Å². The Bertz CT molecular complexity index is 715. The SMILES string of the molecule is [SiH3]O[Si]([SiH2]O[SiH2]Cc1ccccc1)(c1ccccc1)c1ccccc1. The summed E-state index contributed by atoms with van der Waals surface area (Å²) < 4.78 is 12.8. The van der Waals surface area contributed by atoms with Crippen molar-refractivity contribution in [1.82, 2.24) is 0 Å². The van der Waals surface area contributed by atoms with E-state index in [1.165, 1.54) is 15.9 Å². The Hall–Kier alpha value is -1.55. The van der Waals surface area contributed by atoms with E-state index in [4.69, 9.17) is 8.23 Å². The lowest BCUT2D eigenvalue weighted by Gasteiger charge is -2.31. The van der Waals surface area contributed by atoms with Crippen molar-refractivity contribution in [2.75, 3.05) is 0 Å². The molecule has 0 aliphatic heterocycles. The maximum atomic E-state index is 6.44. The number of benzene rings is 3. The molecule has 0 amide bonds. The Kier molecular flexibility index (Phi) is 6.74. The summed E-state index contributed by atoms with van der Waals surface area (Å²) >= 11 is 0. The molecule has 0 aromatic heterocycles. The molecule has 0 radical (unpaired) electrons.